The maximum Gasteiger partial charge on any atom is 0.427 e. The fraction of sp³-hybridized carbons (Fsp3) is 0.326. The second-order valence-electron chi connectivity index (χ2n) is 15.7. The van der Waals surface area contributed by atoms with Gasteiger partial charge in [-0.05, 0) is 72.1 Å². The first-order valence-corrected chi connectivity index (χ1v) is 20.6. The number of ether oxygens (including phenoxy) is 3. The minimum Gasteiger partial charge on any atom is -0.497 e. The van der Waals surface area contributed by atoms with Crippen LogP contribution in [0.3, 0.4) is 0 Å². The number of H-pyrrole nitrogens is 1. The number of anilines is 3. The molecule has 61 heavy (non-hydrogen) atoms. The highest BCUT2D eigenvalue weighted by Gasteiger charge is 2.31. The first-order valence-electron chi connectivity index (χ1n) is 19.9. The summed E-state index contributed by atoms with van der Waals surface area (Å²) >= 11 is 13.0. The van der Waals surface area contributed by atoms with E-state index < -0.39 is 41.2 Å². The zero-order valence-corrected chi connectivity index (χ0v) is 37.2. The van der Waals surface area contributed by atoms with E-state index in [4.69, 9.17) is 37.4 Å². The van der Waals surface area contributed by atoms with Gasteiger partial charge in [-0.25, -0.2) is 14.4 Å². The highest BCUT2D eigenvalue weighted by atomic mass is 35.5. The number of hydrogen-bond donors (Lipinski definition) is 3. The second kappa shape index (κ2) is 19.1. The Morgan fingerprint density at radius 2 is 1.49 bits per heavy atom. The summed E-state index contributed by atoms with van der Waals surface area (Å²) < 4.78 is 18.1. The molecule has 1 aromatic heterocycles. The van der Waals surface area contributed by atoms with Crippen LogP contribution in [0.1, 0.15) is 96.1 Å². The number of carbonyl (C=O) groups is 4. The molecule has 322 valence electrons. The Bertz CT molecular complexity index is 2470. The summed E-state index contributed by atoms with van der Waals surface area (Å²) in [5.41, 5.74) is 1.46. The van der Waals surface area contributed by atoms with Crippen LogP contribution in [0.4, 0.5) is 22.0 Å². The first-order chi connectivity index (χ1) is 28.8. The number of imide groups is 1. The van der Waals surface area contributed by atoms with Gasteiger partial charge in [0.25, 0.3) is 11.8 Å². The van der Waals surface area contributed by atoms with E-state index in [1.165, 1.54) is 49.1 Å². The van der Waals surface area contributed by atoms with Gasteiger partial charge in [0.05, 0.1) is 22.8 Å². The van der Waals surface area contributed by atoms with Gasteiger partial charge in [-0.2, -0.15) is 0 Å². The predicted molar refractivity (Wildman–Crippen MR) is 239 cm³/mol. The number of carbonyl (C=O) groups excluding carboxylic acids is 4. The van der Waals surface area contributed by atoms with Gasteiger partial charge in [-0.15, -0.1) is 0 Å². The van der Waals surface area contributed by atoms with Crippen LogP contribution >= 0.6 is 23.2 Å². The van der Waals surface area contributed by atoms with Crippen molar-refractivity contribution in [3.05, 3.63) is 122 Å². The highest BCUT2D eigenvalue weighted by molar-refractivity contribution is 6.38. The quantitative estimate of drug-likeness (QED) is 0.0937. The molecule has 4 aromatic carbocycles. The lowest BCUT2D eigenvalue weighted by atomic mass is 9.76. The molecule has 1 heterocycles. The normalized spacial score (nSPS) is 12.0. The van der Waals surface area contributed by atoms with Gasteiger partial charge in [0.15, 0.2) is 11.9 Å². The largest absolute Gasteiger partial charge is 0.497 e. The Morgan fingerprint density at radius 3 is 2.08 bits per heavy atom. The minimum atomic E-state index is -1.23. The van der Waals surface area contributed by atoms with E-state index in [9.17, 15) is 24.0 Å². The molecule has 0 bridgehead atoms. The summed E-state index contributed by atoms with van der Waals surface area (Å²) in [6.45, 7) is 16.0. The third-order valence-electron chi connectivity index (χ3n) is 10.8. The summed E-state index contributed by atoms with van der Waals surface area (Å²) in [6, 6.07) is 23.1. The topological polar surface area (TPSA) is 161 Å². The van der Waals surface area contributed by atoms with Crippen LogP contribution in [0.15, 0.2) is 89.7 Å². The molecule has 0 saturated heterocycles. The van der Waals surface area contributed by atoms with Crippen molar-refractivity contribution >= 4 is 64.2 Å². The van der Waals surface area contributed by atoms with E-state index in [0.29, 0.717) is 23.6 Å². The van der Waals surface area contributed by atoms with Crippen molar-refractivity contribution < 1.29 is 33.4 Å². The zero-order valence-electron chi connectivity index (χ0n) is 35.7. The van der Waals surface area contributed by atoms with Crippen molar-refractivity contribution in [2.24, 2.45) is 0 Å². The monoisotopic (exact) mass is 871 g/mol. The number of halogens is 2. The number of nitrogens with one attached hydrogen (secondary N) is 3. The smallest absolute Gasteiger partial charge is 0.427 e. The van der Waals surface area contributed by atoms with E-state index in [1.807, 2.05) is 13.0 Å². The van der Waals surface area contributed by atoms with E-state index >= 15 is 0 Å². The number of amides is 4. The van der Waals surface area contributed by atoms with Crippen molar-refractivity contribution in [3.63, 3.8) is 0 Å². The third kappa shape index (κ3) is 10.3. The number of benzene rings is 4. The second-order valence-corrected chi connectivity index (χ2v) is 16.5. The minimum absolute atomic E-state index is 0.0151. The molecule has 0 radical (unpaired) electrons. The van der Waals surface area contributed by atoms with Gasteiger partial charge < -0.3 is 24.8 Å². The summed E-state index contributed by atoms with van der Waals surface area (Å²) in [5.74, 6) is -1.99. The van der Waals surface area contributed by atoms with Crippen molar-refractivity contribution in [1.29, 1.82) is 0 Å². The van der Waals surface area contributed by atoms with Gasteiger partial charge in [0, 0.05) is 35.9 Å². The summed E-state index contributed by atoms with van der Waals surface area (Å²) in [6.07, 6.45) is 0.0794. The Hall–Kier alpha value is -6.05. The fourth-order valence-electron chi connectivity index (χ4n) is 6.36. The lowest BCUT2D eigenvalue weighted by molar-refractivity contribution is -0.123. The molecule has 5 aromatic rings. The molecule has 0 aliphatic carbocycles. The number of aromatic nitrogens is 2. The molecule has 1 atom stereocenters. The number of methoxy groups -OCH3 is 1. The van der Waals surface area contributed by atoms with Crippen LogP contribution in [-0.4, -0.2) is 46.8 Å². The van der Waals surface area contributed by atoms with Crippen LogP contribution in [-0.2, 0) is 20.4 Å². The van der Waals surface area contributed by atoms with Crippen molar-refractivity contribution in [3.8, 4) is 22.9 Å². The van der Waals surface area contributed by atoms with Gasteiger partial charge in [-0.3, -0.25) is 24.3 Å². The predicted octanol–water partition coefficient (Wildman–Crippen LogP) is 10.5. The maximum atomic E-state index is 14.0. The molecule has 4 amide bonds. The van der Waals surface area contributed by atoms with Crippen molar-refractivity contribution in [1.82, 2.24) is 9.78 Å². The van der Waals surface area contributed by atoms with Crippen LogP contribution in [0, 0.1) is 0 Å². The molecule has 5 rings (SSSR count). The summed E-state index contributed by atoms with van der Waals surface area (Å²) in [7, 11) is 1.41. The zero-order chi connectivity index (χ0) is 44.8. The number of nitrogens with zero attached hydrogens (tertiary/aromatic N) is 2. The third-order valence-corrected chi connectivity index (χ3v) is 11.4. The van der Waals surface area contributed by atoms with Crippen LogP contribution in [0.5, 0.6) is 17.2 Å². The number of para-hydroxylation sites is 1. The average molecular weight is 873 g/mol. The molecular formula is C46H51Cl2N5O8. The highest BCUT2D eigenvalue weighted by Crippen LogP contribution is 2.39. The van der Waals surface area contributed by atoms with E-state index in [2.05, 4.69) is 69.4 Å². The van der Waals surface area contributed by atoms with Crippen molar-refractivity contribution in [2.75, 3.05) is 22.6 Å². The van der Waals surface area contributed by atoms with E-state index in [0.717, 1.165) is 34.9 Å². The summed E-state index contributed by atoms with van der Waals surface area (Å²) in [4.78, 5) is 68.6. The van der Waals surface area contributed by atoms with Gasteiger partial charge in [0.1, 0.15) is 17.2 Å². The number of aromatic amines is 1. The van der Waals surface area contributed by atoms with Crippen LogP contribution in [0.2, 0.25) is 10.0 Å². The standard InChI is InChI=1S/C46H51Cl2N5O8/c1-10-36(60-37-22-21-29(45(5,6)11-2)24-33(37)46(7,8)12-3)42(56)49-30-18-16-17-28(23-30)41(55)50-40-39(61-44(58)52(27(4)54)31-19-14-13-15-20-31)43(57)53(51-40)38-34(47)25-32(59-9)26-35(38)48/h13-26,36,51H,10-12H2,1-9H3,(H,49,56)(H,50,55). The van der Waals surface area contributed by atoms with Crippen molar-refractivity contribution in [2.45, 2.75) is 91.6 Å². The Labute approximate surface area is 365 Å². The summed E-state index contributed by atoms with van der Waals surface area (Å²) in [5, 5.41) is 8.14. The molecule has 0 fully saturated rings. The molecule has 0 aliphatic heterocycles. The first kappa shape index (κ1) is 46.0. The fourth-order valence-corrected chi connectivity index (χ4v) is 6.99. The molecule has 15 heteroatoms. The Balaban J connectivity index is 1.44. The van der Waals surface area contributed by atoms with E-state index in [1.54, 1.807) is 30.3 Å². The molecule has 3 N–H and O–H groups in total. The van der Waals surface area contributed by atoms with Crippen LogP contribution < -0.4 is 35.3 Å². The molecular weight excluding hydrogens is 821 g/mol. The lowest BCUT2D eigenvalue weighted by Crippen LogP contribution is -2.38. The average Bonchev–Trinajstić information content (AvgIpc) is 3.52. The van der Waals surface area contributed by atoms with Gasteiger partial charge in [0.2, 0.25) is 11.7 Å². The Kier molecular flexibility index (Phi) is 14.4. The molecule has 13 nitrogen and oxygen atoms in total. The molecule has 0 aliphatic rings. The maximum absolute atomic E-state index is 14.0. The molecule has 1 unspecified atom stereocenters. The SMILES string of the molecule is CCC(Oc1ccc(C(C)(C)CC)cc1C(C)(C)CC)C(=O)Nc1cccc(C(=O)Nc2[nH]n(-c3c(Cl)cc(OC)cc3Cl)c(=O)c2OC(=O)N(C(C)=O)c2ccccc2)c1. The van der Waals surface area contributed by atoms with Gasteiger partial charge >= 0.3 is 11.7 Å². The van der Waals surface area contributed by atoms with Gasteiger partial charge in [-0.1, -0.05) is 108 Å². The molecule has 0 saturated carbocycles. The molecule has 0 spiro atoms. The number of hydrogen-bond acceptors (Lipinski definition) is 8. The number of rotatable bonds is 15. The van der Waals surface area contributed by atoms with Crippen LogP contribution in [0.25, 0.3) is 5.69 Å². The van der Waals surface area contributed by atoms with E-state index in [-0.39, 0.29) is 43.6 Å². The lowest BCUT2D eigenvalue weighted by Gasteiger charge is -2.31. The Morgan fingerprint density at radius 1 is 0.836 bits per heavy atom.